The van der Waals surface area contributed by atoms with Gasteiger partial charge < -0.3 is 10.1 Å². The second kappa shape index (κ2) is 6.63. The van der Waals surface area contributed by atoms with Crippen molar-refractivity contribution >= 4 is 39.9 Å². The number of ether oxygens (including phenoxy) is 1. The number of para-hydroxylation sites is 2. The minimum atomic E-state index is -0.521. The van der Waals surface area contributed by atoms with Gasteiger partial charge in [0.2, 0.25) is 5.91 Å². The number of esters is 1. The second-order valence-corrected chi connectivity index (χ2v) is 5.79. The van der Waals surface area contributed by atoms with Crippen LogP contribution in [0.2, 0.25) is 0 Å². The first kappa shape index (κ1) is 15.9. The van der Waals surface area contributed by atoms with E-state index in [1.165, 1.54) is 29.2 Å². The maximum atomic E-state index is 12.3. The zero-order chi connectivity index (χ0) is 17.1. The Bertz CT molecular complexity index is 977. The van der Waals surface area contributed by atoms with E-state index in [0.29, 0.717) is 21.6 Å². The second-order valence-electron chi connectivity index (χ2n) is 4.87. The van der Waals surface area contributed by atoms with Crippen molar-refractivity contribution in [2.24, 2.45) is 0 Å². The van der Waals surface area contributed by atoms with Gasteiger partial charge in [0.05, 0.1) is 30.0 Å². The van der Waals surface area contributed by atoms with Gasteiger partial charge in [-0.1, -0.05) is 12.1 Å². The molecule has 0 saturated carbocycles. The van der Waals surface area contributed by atoms with Gasteiger partial charge in [0.1, 0.15) is 11.4 Å². The average Bonchev–Trinajstić information content (AvgIpc) is 3.04. The average molecular weight is 343 g/mol. The molecule has 1 aromatic carbocycles. The number of hydrogen-bond acceptors (Lipinski definition) is 6. The SMILES string of the molecule is COC(=O)c1sccc1NC(=O)Cn1c(=O)cnc2ccccc21. The van der Waals surface area contributed by atoms with Crippen LogP contribution in [-0.2, 0) is 16.1 Å². The highest BCUT2D eigenvalue weighted by molar-refractivity contribution is 7.12. The normalized spacial score (nSPS) is 10.5. The molecule has 8 heteroatoms. The fraction of sp³-hybridized carbons (Fsp3) is 0.125. The van der Waals surface area contributed by atoms with Crippen molar-refractivity contribution in [2.45, 2.75) is 6.54 Å². The molecule has 0 radical (unpaired) electrons. The Morgan fingerprint density at radius 3 is 2.88 bits per heavy atom. The molecule has 1 N–H and O–H groups in total. The first-order valence-corrected chi connectivity index (χ1v) is 7.88. The molecule has 0 fully saturated rings. The summed E-state index contributed by atoms with van der Waals surface area (Å²) in [7, 11) is 1.27. The summed E-state index contributed by atoms with van der Waals surface area (Å²) in [5.41, 5.74) is 1.18. The first-order chi connectivity index (χ1) is 11.6. The van der Waals surface area contributed by atoms with E-state index >= 15 is 0 Å². The number of benzene rings is 1. The molecule has 0 aliphatic heterocycles. The van der Waals surface area contributed by atoms with Crippen LogP contribution in [0.15, 0.2) is 46.7 Å². The summed E-state index contributed by atoms with van der Waals surface area (Å²) < 4.78 is 6.00. The Hall–Kier alpha value is -3.00. The molecule has 3 aromatic rings. The number of fused-ring (bicyclic) bond motifs is 1. The standard InChI is InChI=1S/C16H13N3O4S/c1-23-16(22)15-11(6-7-24-15)18-13(20)9-19-12-5-3-2-4-10(12)17-8-14(19)21/h2-8H,9H2,1H3,(H,18,20). The third kappa shape index (κ3) is 3.04. The topological polar surface area (TPSA) is 90.3 Å². The number of anilines is 1. The quantitative estimate of drug-likeness (QED) is 0.731. The Labute approximate surface area is 140 Å². The zero-order valence-corrected chi connectivity index (χ0v) is 13.5. The molecule has 0 saturated heterocycles. The van der Waals surface area contributed by atoms with Crippen LogP contribution in [0.5, 0.6) is 0 Å². The van der Waals surface area contributed by atoms with Gasteiger partial charge in [0, 0.05) is 0 Å². The lowest BCUT2D eigenvalue weighted by atomic mass is 10.3. The number of amides is 1. The van der Waals surface area contributed by atoms with Crippen molar-refractivity contribution in [3.63, 3.8) is 0 Å². The molecule has 122 valence electrons. The summed E-state index contributed by atoms with van der Waals surface area (Å²) in [6.07, 6.45) is 1.18. The van der Waals surface area contributed by atoms with Crippen LogP contribution in [0.1, 0.15) is 9.67 Å². The number of carbonyl (C=O) groups excluding carboxylic acids is 2. The van der Waals surface area contributed by atoms with Crippen LogP contribution in [0.25, 0.3) is 11.0 Å². The lowest BCUT2D eigenvalue weighted by Gasteiger charge is -2.10. The molecular weight excluding hydrogens is 330 g/mol. The zero-order valence-electron chi connectivity index (χ0n) is 12.7. The predicted molar refractivity (Wildman–Crippen MR) is 90.3 cm³/mol. The number of aromatic nitrogens is 2. The molecule has 7 nitrogen and oxygen atoms in total. The smallest absolute Gasteiger partial charge is 0.350 e. The van der Waals surface area contributed by atoms with E-state index in [1.807, 2.05) is 0 Å². The van der Waals surface area contributed by atoms with Gasteiger partial charge in [-0.2, -0.15) is 0 Å². The van der Waals surface area contributed by atoms with Crippen molar-refractivity contribution in [1.29, 1.82) is 0 Å². The van der Waals surface area contributed by atoms with Gasteiger partial charge in [-0.15, -0.1) is 11.3 Å². The van der Waals surface area contributed by atoms with E-state index in [9.17, 15) is 14.4 Å². The third-order valence-electron chi connectivity index (χ3n) is 3.36. The number of nitrogens with one attached hydrogen (secondary N) is 1. The molecular formula is C16H13N3O4S. The van der Waals surface area contributed by atoms with Crippen molar-refractivity contribution in [3.8, 4) is 0 Å². The molecule has 3 rings (SSSR count). The molecule has 1 amide bonds. The Morgan fingerprint density at radius 2 is 2.08 bits per heavy atom. The third-order valence-corrected chi connectivity index (χ3v) is 4.26. The predicted octanol–water partition coefficient (Wildman–Crippen LogP) is 1.88. The Kier molecular flexibility index (Phi) is 4.39. The van der Waals surface area contributed by atoms with Crippen LogP contribution in [0.3, 0.4) is 0 Å². The summed E-state index contributed by atoms with van der Waals surface area (Å²) in [4.78, 5) is 40.3. The summed E-state index contributed by atoms with van der Waals surface area (Å²) in [6, 6.07) is 8.67. The highest BCUT2D eigenvalue weighted by atomic mass is 32.1. The van der Waals surface area contributed by atoms with Crippen LogP contribution >= 0.6 is 11.3 Å². The van der Waals surface area contributed by atoms with Gasteiger partial charge in [-0.25, -0.2) is 9.78 Å². The molecule has 2 heterocycles. The Balaban J connectivity index is 1.86. The van der Waals surface area contributed by atoms with Gasteiger partial charge >= 0.3 is 5.97 Å². The first-order valence-electron chi connectivity index (χ1n) is 7.00. The molecule has 0 bridgehead atoms. The highest BCUT2D eigenvalue weighted by Gasteiger charge is 2.16. The molecule has 24 heavy (non-hydrogen) atoms. The van der Waals surface area contributed by atoms with Gasteiger partial charge in [-0.05, 0) is 23.6 Å². The van der Waals surface area contributed by atoms with E-state index in [4.69, 9.17) is 0 Å². The van der Waals surface area contributed by atoms with Crippen LogP contribution in [-0.4, -0.2) is 28.5 Å². The summed E-state index contributed by atoms with van der Waals surface area (Å²) in [5.74, 6) is -0.941. The number of nitrogens with zero attached hydrogens (tertiary/aromatic N) is 2. The van der Waals surface area contributed by atoms with E-state index in [-0.39, 0.29) is 12.1 Å². The maximum absolute atomic E-state index is 12.3. The molecule has 2 aromatic heterocycles. The van der Waals surface area contributed by atoms with Crippen molar-refractivity contribution in [3.05, 3.63) is 57.1 Å². The van der Waals surface area contributed by atoms with Crippen molar-refractivity contribution < 1.29 is 14.3 Å². The van der Waals surface area contributed by atoms with E-state index in [1.54, 1.807) is 35.7 Å². The number of hydrogen-bond donors (Lipinski definition) is 1. The number of rotatable bonds is 4. The number of carbonyl (C=O) groups is 2. The van der Waals surface area contributed by atoms with Gasteiger partial charge in [0.15, 0.2) is 0 Å². The number of methoxy groups -OCH3 is 1. The van der Waals surface area contributed by atoms with Crippen LogP contribution < -0.4 is 10.9 Å². The summed E-state index contributed by atoms with van der Waals surface area (Å²) in [6.45, 7) is -0.182. The fourth-order valence-electron chi connectivity index (χ4n) is 2.27. The molecule has 0 unspecified atom stereocenters. The minimum Gasteiger partial charge on any atom is -0.465 e. The lowest BCUT2D eigenvalue weighted by Crippen LogP contribution is -2.28. The lowest BCUT2D eigenvalue weighted by molar-refractivity contribution is -0.116. The molecule has 0 aliphatic rings. The van der Waals surface area contributed by atoms with Crippen molar-refractivity contribution in [2.75, 3.05) is 12.4 Å². The molecule has 0 spiro atoms. The number of thiophene rings is 1. The van der Waals surface area contributed by atoms with Crippen LogP contribution in [0.4, 0.5) is 5.69 Å². The van der Waals surface area contributed by atoms with Crippen LogP contribution in [0, 0.1) is 0 Å². The van der Waals surface area contributed by atoms with Gasteiger partial charge in [-0.3, -0.25) is 14.2 Å². The van der Waals surface area contributed by atoms with E-state index < -0.39 is 11.9 Å². The van der Waals surface area contributed by atoms with Gasteiger partial charge in [0.25, 0.3) is 5.56 Å². The summed E-state index contributed by atoms with van der Waals surface area (Å²) >= 11 is 1.17. The van der Waals surface area contributed by atoms with E-state index in [2.05, 4.69) is 15.0 Å². The van der Waals surface area contributed by atoms with E-state index in [0.717, 1.165) is 0 Å². The monoisotopic (exact) mass is 343 g/mol. The fourth-order valence-corrected chi connectivity index (χ4v) is 3.04. The molecule has 0 atom stereocenters. The Morgan fingerprint density at radius 1 is 1.29 bits per heavy atom. The maximum Gasteiger partial charge on any atom is 0.350 e. The van der Waals surface area contributed by atoms with Crippen molar-refractivity contribution in [1.82, 2.24) is 9.55 Å². The highest BCUT2D eigenvalue weighted by Crippen LogP contribution is 2.23. The summed E-state index contributed by atoms with van der Waals surface area (Å²) in [5, 5.41) is 4.31. The molecule has 0 aliphatic carbocycles. The largest absolute Gasteiger partial charge is 0.465 e. The minimum absolute atomic E-state index is 0.182.